The topological polar surface area (TPSA) is 70.5 Å². The average molecular weight is 345 g/mol. The van der Waals surface area contributed by atoms with Gasteiger partial charge in [0.15, 0.2) is 5.69 Å². The van der Waals surface area contributed by atoms with E-state index >= 15 is 0 Å². The molecule has 1 aromatic heterocycles. The van der Waals surface area contributed by atoms with Gasteiger partial charge in [0.2, 0.25) is 5.91 Å². The van der Waals surface area contributed by atoms with Gasteiger partial charge in [-0.2, -0.15) is 5.10 Å². The van der Waals surface area contributed by atoms with Gasteiger partial charge in [0.25, 0.3) is 5.91 Å². The predicted molar refractivity (Wildman–Crippen MR) is 93.0 cm³/mol. The lowest BCUT2D eigenvalue weighted by atomic mass is 9.97. The number of hydrogen-bond acceptors (Lipinski definition) is 4. The fourth-order valence-corrected chi connectivity index (χ4v) is 3.87. The molecule has 7 nitrogen and oxygen atoms in total. The van der Waals surface area contributed by atoms with Gasteiger partial charge < -0.3 is 15.1 Å². The van der Waals surface area contributed by atoms with E-state index in [4.69, 9.17) is 0 Å². The minimum absolute atomic E-state index is 0.0881. The Morgan fingerprint density at radius 3 is 2.76 bits per heavy atom. The van der Waals surface area contributed by atoms with Crippen LogP contribution >= 0.6 is 0 Å². The van der Waals surface area contributed by atoms with Crippen molar-refractivity contribution < 1.29 is 9.59 Å². The maximum Gasteiger partial charge on any atom is 0.272 e. The molecule has 1 saturated heterocycles. The Hall–Kier alpha value is -1.89. The largest absolute Gasteiger partial charge is 0.348 e. The summed E-state index contributed by atoms with van der Waals surface area (Å²) in [6, 6.07) is 2.19. The van der Waals surface area contributed by atoms with Crippen molar-refractivity contribution in [2.75, 3.05) is 26.7 Å². The third kappa shape index (κ3) is 3.71. The van der Waals surface area contributed by atoms with Gasteiger partial charge in [-0.1, -0.05) is 0 Å². The highest BCUT2D eigenvalue weighted by Gasteiger charge is 2.30. The maximum absolute atomic E-state index is 12.9. The van der Waals surface area contributed by atoms with E-state index < -0.39 is 0 Å². The maximum atomic E-state index is 12.9. The molecule has 1 aliphatic carbocycles. The molecule has 1 saturated carbocycles. The molecule has 3 heterocycles. The van der Waals surface area contributed by atoms with Crippen LogP contribution in [-0.4, -0.2) is 64.1 Å². The molecule has 3 aliphatic rings. The van der Waals surface area contributed by atoms with E-state index in [0.717, 1.165) is 64.0 Å². The summed E-state index contributed by atoms with van der Waals surface area (Å²) in [4.78, 5) is 29.4. The highest BCUT2D eigenvalue weighted by Crippen LogP contribution is 2.22. The quantitative estimate of drug-likeness (QED) is 0.882. The number of rotatable bonds is 3. The van der Waals surface area contributed by atoms with Crippen LogP contribution in [0, 0.1) is 5.92 Å². The number of aryl methyl sites for hydroxylation is 1. The predicted octanol–water partition coefficient (Wildman–Crippen LogP) is 0.849. The number of nitrogens with one attached hydrogen (secondary N) is 1. The zero-order valence-electron chi connectivity index (χ0n) is 14.9. The monoisotopic (exact) mass is 345 g/mol. The molecule has 0 bridgehead atoms. The summed E-state index contributed by atoms with van der Waals surface area (Å²) in [5, 5.41) is 7.45. The lowest BCUT2D eigenvalue weighted by molar-refractivity contribution is -0.137. The minimum atomic E-state index is -0.0881. The highest BCUT2D eigenvalue weighted by molar-refractivity contribution is 5.92. The van der Waals surface area contributed by atoms with Gasteiger partial charge >= 0.3 is 0 Å². The molecule has 2 aliphatic heterocycles. The van der Waals surface area contributed by atoms with Crippen LogP contribution in [0.25, 0.3) is 0 Å². The molecule has 4 rings (SSSR count). The lowest BCUT2D eigenvalue weighted by Gasteiger charge is -2.32. The number of piperidine rings is 1. The molecular weight excluding hydrogens is 318 g/mol. The minimum Gasteiger partial charge on any atom is -0.348 e. The smallest absolute Gasteiger partial charge is 0.272 e. The number of fused-ring (bicyclic) bond motifs is 1. The summed E-state index contributed by atoms with van der Waals surface area (Å²) in [5.74, 6) is 0.269. The summed E-state index contributed by atoms with van der Waals surface area (Å²) >= 11 is 0. The van der Waals surface area contributed by atoms with E-state index in [1.165, 1.54) is 0 Å². The van der Waals surface area contributed by atoms with Crippen LogP contribution in [0.4, 0.5) is 0 Å². The fourth-order valence-electron chi connectivity index (χ4n) is 3.87. The number of likely N-dealkylation sites (tertiary alicyclic amines) is 1. The molecule has 7 heteroatoms. The fraction of sp³-hybridized carbons (Fsp3) is 0.722. The van der Waals surface area contributed by atoms with Crippen LogP contribution in [-0.2, 0) is 17.9 Å². The Morgan fingerprint density at radius 1 is 1.16 bits per heavy atom. The molecule has 1 N–H and O–H groups in total. The van der Waals surface area contributed by atoms with Crippen molar-refractivity contribution in [3.8, 4) is 0 Å². The molecule has 0 aromatic carbocycles. The van der Waals surface area contributed by atoms with Crippen LogP contribution in [0.2, 0.25) is 0 Å². The van der Waals surface area contributed by atoms with Gasteiger partial charge in [-0.3, -0.25) is 14.3 Å². The first-order valence-corrected chi connectivity index (χ1v) is 9.45. The van der Waals surface area contributed by atoms with E-state index in [0.29, 0.717) is 18.3 Å². The second-order valence-electron chi connectivity index (χ2n) is 7.71. The normalized spacial score (nSPS) is 24.5. The molecule has 2 amide bonds. The van der Waals surface area contributed by atoms with Gasteiger partial charge in [0.1, 0.15) is 0 Å². The molecule has 1 aromatic rings. The highest BCUT2D eigenvalue weighted by atomic mass is 16.2. The Balaban J connectivity index is 1.45. The van der Waals surface area contributed by atoms with Gasteiger partial charge in [0.05, 0.1) is 18.2 Å². The SMILES string of the molecule is CN1CCCC(C(=O)N2CCCn3nc(C(=O)NC4CC4)cc3C2)C1. The van der Waals surface area contributed by atoms with Crippen molar-refractivity contribution in [2.45, 2.75) is 51.2 Å². The Labute approximate surface area is 148 Å². The molecule has 0 spiro atoms. The summed E-state index contributed by atoms with van der Waals surface area (Å²) in [6.45, 7) is 4.02. The van der Waals surface area contributed by atoms with Crippen LogP contribution in [0.5, 0.6) is 0 Å². The van der Waals surface area contributed by atoms with Crippen LogP contribution in [0.1, 0.15) is 48.3 Å². The van der Waals surface area contributed by atoms with Gasteiger partial charge in [-0.05, 0) is 51.8 Å². The van der Waals surface area contributed by atoms with Gasteiger partial charge in [0, 0.05) is 25.7 Å². The summed E-state index contributed by atoms with van der Waals surface area (Å²) in [5.41, 5.74) is 1.45. The molecule has 1 unspecified atom stereocenters. The van der Waals surface area contributed by atoms with Crippen molar-refractivity contribution in [2.24, 2.45) is 5.92 Å². The third-order valence-corrected chi connectivity index (χ3v) is 5.44. The van der Waals surface area contributed by atoms with E-state index in [9.17, 15) is 9.59 Å². The van der Waals surface area contributed by atoms with Crippen molar-refractivity contribution in [3.63, 3.8) is 0 Å². The van der Waals surface area contributed by atoms with E-state index in [1.54, 1.807) is 0 Å². The first-order chi connectivity index (χ1) is 12.1. The number of amides is 2. The van der Waals surface area contributed by atoms with Crippen LogP contribution in [0.15, 0.2) is 6.07 Å². The zero-order valence-corrected chi connectivity index (χ0v) is 14.9. The number of hydrogen-bond donors (Lipinski definition) is 1. The first kappa shape index (κ1) is 16.6. The van der Waals surface area contributed by atoms with Crippen molar-refractivity contribution >= 4 is 11.8 Å². The first-order valence-electron chi connectivity index (χ1n) is 9.45. The second-order valence-corrected chi connectivity index (χ2v) is 7.71. The number of aromatic nitrogens is 2. The number of carbonyl (C=O) groups excluding carboxylic acids is 2. The average Bonchev–Trinajstić information content (AvgIpc) is 3.36. The zero-order chi connectivity index (χ0) is 17.4. The molecule has 25 heavy (non-hydrogen) atoms. The van der Waals surface area contributed by atoms with Crippen LogP contribution in [0.3, 0.4) is 0 Å². The summed E-state index contributed by atoms with van der Waals surface area (Å²) in [7, 11) is 2.09. The van der Waals surface area contributed by atoms with Crippen molar-refractivity contribution in [3.05, 3.63) is 17.5 Å². The van der Waals surface area contributed by atoms with Gasteiger partial charge in [-0.15, -0.1) is 0 Å². The van der Waals surface area contributed by atoms with E-state index in [2.05, 4.69) is 22.4 Å². The summed E-state index contributed by atoms with van der Waals surface area (Å²) in [6.07, 6.45) is 5.08. The Kier molecular flexibility index (Phi) is 4.50. The van der Waals surface area contributed by atoms with Gasteiger partial charge in [-0.25, -0.2) is 0 Å². The molecule has 2 fully saturated rings. The number of carbonyl (C=O) groups is 2. The van der Waals surface area contributed by atoms with Crippen molar-refractivity contribution in [1.82, 2.24) is 24.9 Å². The third-order valence-electron chi connectivity index (χ3n) is 5.44. The van der Waals surface area contributed by atoms with Crippen molar-refractivity contribution in [1.29, 1.82) is 0 Å². The Bertz CT molecular complexity index is 666. The standard InChI is InChI=1S/C18H27N5O2/c1-21-7-2-4-13(11-21)18(25)22-8-3-9-23-15(12-22)10-16(20-23)17(24)19-14-5-6-14/h10,13-14H,2-9,11-12H2,1H3,(H,19,24). The van der Waals surface area contributed by atoms with Crippen LogP contribution < -0.4 is 5.32 Å². The molecule has 1 atom stereocenters. The molecule has 136 valence electrons. The summed E-state index contributed by atoms with van der Waals surface area (Å²) < 4.78 is 1.90. The van der Waals surface area contributed by atoms with E-state index in [1.807, 2.05) is 15.6 Å². The Morgan fingerprint density at radius 2 is 2.00 bits per heavy atom. The molecular formula is C18H27N5O2. The molecule has 0 radical (unpaired) electrons. The second kappa shape index (κ2) is 6.78. The number of nitrogens with zero attached hydrogens (tertiary/aromatic N) is 4. The lowest BCUT2D eigenvalue weighted by Crippen LogP contribution is -2.43. The van der Waals surface area contributed by atoms with E-state index in [-0.39, 0.29) is 17.7 Å².